The summed E-state index contributed by atoms with van der Waals surface area (Å²) in [5, 5.41) is 5.35. The molecule has 3 aromatic rings. The maximum absolute atomic E-state index is 12.4. The maximum atomic E-state index is 12.4. The molecule has 4 rings (SSSR count). The number of hydrogen-bond acceptors (Lipinski definition) is 6. The number of carbonyl (C=O) groups is 1. The molecule has 0 aliphatic heterocycles. The van der Waals surface area contributed by atoms with Gasteiger partial charge in [-0.1, -0.05) is 23.8 Å². The molecule has 0 bridgehead atoms. The number of thiazole rings is 1. The van der Waals surface area contributed by atoms with Crippen LogP contribution in [0.1, 0.15) is 29.1 Å². The Hall–Kier alpha value is -2.75. The molecular weight excluding hydrogens is 434 g/mol. The fourth-order valence-electron chi connectivity index (χ4n) is 2.88. The summed E-state index contributed by atoms with van der Waals surface area (Å²) in [5.74, 6) is 0.507. The molecule has 1 aromatic heterocycles. The summed E-state index contributed by atoms with van der Waals surface area (Å²) in [4.78, 5) is 17.0. The van der Waals surface area contributed by atoms with E-state index in [0.29, 0.717) is 18.0 Å². The molecule has 1 fully saturated rings. The molecule has 1 aliphatic carbocycles. The standard InChI is InChI=1S/C22H23N3O4S2/c1-15-5-9-19(10-6-15)29-13-22-24-18(14-30-22)12-21(26)23-17-3-2-4-20(11-17)31(27,28)25-16-7-8-16/h2-6,9-11,14,16,25H,7-8,12-13H2,1H3,(H,23,26). The third-order valence-corrected chi connectivity index (χ3v) is 7.04. The molecule has 0 unspecified atom stereocenters. The predicted molar refractivity (Wildman–Crippen MR) is 120 cm³/mol. The highest BCUT2D eigenvalue weighted by Gasteiger charge is 2.28. The Bertz CT molecular complexity index is 1170. The number of aryl methyl sites for hydroxylation is 1. The summed E-state index contributed by atoms with van der Waals surface area (Å²) in [6, 6.07) is 14.1. The first-order valence-electron chi connectivity index (χ1n) is 9.92. The number of nitrogens with one attached hydrogen (secondary N) is 2. The van der Waals surface area contributed by atoms with Crippen LogP contribution in [-0.4, -0.2) is 25.4 Å². The molecule has 7 nitrogen and oxygen atoms in total. The van der Waals surface area contributed by atoms with Crippen LogP contribution in [0, 0.1) is 6.92 Å². The van der Waals surface area contributed by atoms with Gasteiger partial charge in [-0.15, -0.1) is 11.3 Å². The lowest BCUT2D eigenvalue weighted by atomic mass is 10.2. The van der Waals surface area contributed by atoms with Crippen LogP contribution in [0.25, 0.3) is 0 Å². The molecule has 0 atom stereocenters. The van der Waals surface area contributed by atoms with Gasteiger partial charge >= 0.3 is 0 Å². The van der Waals surface area contributed by atoms with Crippen molar-refractivity contribution in [1.82, 2.24) is 9.71 Å². The van der Waals surface area contributed by atoms with E-state index < -0.39 is 10.0 Å². The number of amides is 1. The fraction of sp³-hybridized carbons (Fsp3) is 0.273. The quantitative estimate of drug-likeness (QED) is 0.511. The van der Waals surface area contributed by atoms with Crippen molar-refractivity contribution >= 4 is 33.0 Å². The minimum atomic E-state index is -3.57. The van der Waals surface area contributed by atoms with E-state index in [1.807, 2.05) is 36.6 Å². The zero-order valence-electron chi connectivity index (χ0n) is 17.0. The van der Waals surface area contributed by atoms with Crippen molar-refractivity contribution in [3.05, 3.63) is 70.2 Å². The van der Waals surface area contributed by atoms with E-state index >= 15 is 0 Å². The summed E-state index contributed by atoms with van der Waals surface area (Å²) >= 11 is 1.43. The van der Waals surface area contributed by atoms with Crippen LogP contribution in [0.5, 0.6) is 5.75 Å². The minimum absolute atomic E-state index is 0.0251. The summed E-state index contributed by atoms with van der Waals surface area (Å²) in [6.07, 6.45) is 1.82. The van der Waals surface area contributed by atoms with Crippen LogP contribution in [-0.2, 0) is 27.8 Å². The first-order valence-corrected chi connectivity index (χ1v) is 12.3. The van der Waals surface area contributed by atoms with E-state index in [4.69, 9.17) is 4.74 Å². The second-order valence-corrected chi connectivity index (χ2v) is 10.1. The smallest absolute Gasteiger partial charge is 0.240 e. The van der Waals surface area contributed by atoms with E-state index in [1.54, 1.807) is 12.1 Å². The number of sulfonamides is 1. The molecule has 2 aromatic carbocycles. The Kier molecular flexibility index (Phi) is 6.35. The van der Waals surface area contributed by atoms with Gasteiger partial charge in [-0.05, 0) is 50.1 Å². The monoisotopic (exact) mass is 457 g/mol. The van der Waals surface area contributed by atoms with E-state index in [1.165, 1.54) is 23.5 Å². The first-order chi connectivity index (χ1) is 14.9. The summed E-state index contributed by atoms with van der Waals surface area (Å²) in [7, 11) is -3.57. The lowest BCUT2D eigenvalue weighted by Gasteiger charge is -2.08. The van der Waals surface area contributed by atoms with Gasteiger partial charge in [0.15, 0.2) is 0 Å². The Morgan fingerprint density at radius 3 is 2.71 bits per heavy atom. The largest absolute Gasteiger partial charge is 0.486 e. The van der Waals surface area contributed by atoms with Crippen molar-refractivity contribution in [3.63, 3.8) is 0 Å². The Labute approximate surface area is 185 Å². The second kappa shape index (κ2) is 9.17. The summed E-state index contributed by atoms with van der Waals surface area (Å²) < 4.78 is 33.1. The molecule has 1 amide bonds. The predicted octanol–water partition coefficient (Wildman–Crippen LogP) is 3.65. The van der Waals surface area contributed by atoms with Gasteiger partial charge in [0, 0.05) is 17.1 Å². The van der Waals surface area contributed by atoms with E-state index in [-0.39, 0.29) is 23.3 Å². The van der Waals surface area contributed by atoms with Gasteiger partial charge in [-0.3, -0.25) is 4.79 Å². The van der Waals surface area contributed by atoms with Crippen LogP contribution in [0.2, 0.25) is 0 Å². The van der Waals surface area contributed by atoms with Crippen LogP contribution in [0.4, 0.5) is 5.69 Å². The number of ether oxygens (including phenoxy) is 1. The van der Waals surface area contributed by atoms with Crippen LogP contribution in [0.3, 0.4) is 0 Å². The average Bonchev–Trinajstić information content (AvgIpc) is 3.43. The Morgan fingerprint density at radius 1 is 1.19 bits per heavy atom. The lowest BCUT2D eigenvalue weighted by molar-refractivity contribution is -0.115. The normalized spacial score (nSPS) is 13.7. The second-order valence-electron chi connectivity index (χ2n) is 7.48. The zero-order chi connectivity index (χ0) is 21.8. The summed E-state index contributed by atoms with van der Waals surface area (Å²) in [5.41, 5.74) is 2.24. The molecule has 0 spiro atoms. The molecular formula is C22H23N3O4S2. The number of hydrogen-bond donors (Lipinski definition) is 2. The third kappa shape index (κ3) is 6.13. The van der Waals surface area contributed by atoms with E-state index in [9.17, 15) is 13.2 Å². The molecule has 1 aliphatic rings. The first kappa shape index (κ1) is 21.5. The maximum Gasteiger partial charge on any atom is 0.240 e. The van der Waals surface area contributed by atoms with E-state index in [2.05, 4.69) is 15.0 Å². The minimum Gasteiger partial charge on any atom is -0.486 e. The third-order valence-electron chi connectivity index (χ3n) is 4.65. The molecule has 9 heteroatoms. The number of aromatic nitrogens is 1. The molecule has 2 N–H and O–H groups in total. The van der Waals surface area contributed by atoms with Crippen molar-refractivity contribution in [3.8, 4) is 5.75 Å². The lowest BCUT2D eigenvalue weighted by Crippen LogP contribution is -2.25. The summed E-state index contributed by atoms with van der Waals surface area (Å²) in [6.45, 7) is 2.35. The van der Waals surface area contributed by atoms with Gasteiger partial charge in [-0.2, -0.15) is 0 Å². The number of rotatable bonds is 9. The molecule has 0 saturated heterocycles. The van der Waals surface area contributed by atoms with Crippen LogP contribution < -0.4 is 14.8 Å². The van der Waals surface area contributed by atoms with Crippen molar-refractivity contribution in [2.45, 2.75) is 43.7 Å². The van der Waals surface area contributed by atoms with Gasteiger partial charge in [0.2, 0.25) is 15.9 Å². The average molecular weight is 458 g/mol. The van der Waals surface area contributed by atoms with Crippen LogP contribution >= 0.6 is 11.3 Å². The molecule has 31 heavy (non-hydrogen) atoms. The van der Waals surface area contributed by atoms with Crippen LogP contribution in [0.15, 0.2) is 58.8 Å². The van der Waals surface area contributed by atoms with Gasteiger partial charge in [0.05, 0.1) is 17.0 Å². The number of nitrogens with zero attached hydrogens (tertiary/aromatic N) is 1. The van der Waals surface area contributed by atoms with Gasteiger partial charge in [0.1, 0.15) is 17.4 Å². The van der Waals surface area contributed by atoms with Gasteiger partial charge < -0.3 is 10.1 Å². The number of anilines is 1. The molecule has 0 radical (unpaired) electrons. The fourth-order valence-corrected chi connectivity index (χ4v) is 4.93. The van der Waals surface area contributed by atoms with Crippen molar-refractivity contribution in [1.29, 1.82) is 0 Å². The molecule has 1 saturated carbocycles. The number of benzene rings is 2. The molecule has 162 valence electrons. The zero-order valence-corrected chi connectivity index (χ0v) is 18.6. The van der Waals surface area contributed by atoms with Gasteiger partial charge in [-0.25, -0.2) is 18.1 Å². The highest BCUT2D eigenvalue weighted by molar-refractivity contribution is 7.89. The van der Waals surface area contributed by atoms with Crippen molar-refractivity contribution in [2.24, 2.45) is 0 Å². The SMILES string of the molecule is Cc1ccc(OCc2nc(CC(=O)Nc3cccc(S(=O)(=O)NC4CC4)c3)cs2)cc1. The van der Waals surface area contributed by atoms with Crippen molar-refractivity contribution < 1.29 is 17.9 Å². The molecule has 1 heterocycles. The van der Waals surface area contributed by atoms with E-state index in [0.717, 1.165) is 29.2 Å². The highest BCUT2D eigenvalue weighted by atomic mass is 32.2. The van der Waals surface area contributed by atoms with Crippen molar-refractivity contribution in [2.75, 3.05) is 5.32 Å². The topological polar surface area (TPSA) is 97.4 Å². The Morgan fingerprint density at radius 2 is 1.97 bits per heavy atom. The highest BCUT2D eigenvalue weighted by Crippen LogP contribution is 2.23. The Balaban J connectivity index is 1.32. The van der Waals surface area contributed by atoms with Gasteiger partial charge in [0.25, 0.3) is 0 Å². The number of carbonyl (C=O) groups excluding carboxylic acids is 1.